The zero-order valence-electron chi connectivity index (χ0n) is 9.29. The predicted molar refractivity (Wildman–Crippen MR) is 64.3 cm³/mol. The summed E-state index contributed by atoms with van der Waals surface area (Å²) in [7, 11) is 1.50. The summed E-state index contributed by atoms with van der Waals surface area (Å²) in [4.78, 5) is 0. The lowest BCUT2D eigenvalue weighted by Crippen LogP contribution is -2.41. The van der Waals surface area contributed by atoms with E-state index >= 15 is 0 Å². The average Bonchev–Trinajstić information content (AvgIpc) is 2.21. The number of hydrogen-bond acceptors (Lipinski definition) is 3. The number of ether oxygens (including phenoxy) is 1. The van der Waals surface area contributed by atoms with Crippen molar-refractivity contribution in [2.45, 2.75) is 24.7 Å². The summed E-state index contributed by atoms with van der Waals surface area (Å²) in [5.74, 6) is 0.485. The zero-order valence-corrected chi connectivity index (χ0v) is 10.0. The van der Waals surface area contributed by atoms with Gasteiger partial charge in [-0.15, -0.1) is 0 Å². The molecule has 16 heavy (non-hydrogen) atoms. The van der Waals surface area contributed by atoms with Crippen LogP contribution in [0, 0.1) is 0 Å². The molecule has 1 fully saturated rings. The second kappa shape index (κ2) is 4.15. The third kappa shape index (κ3) is 1.55. The molecule has 0 atom stereocenters. The smallest absolute Gasteiger partial charge is 0.179 e. The van der Waals surface area contributed by atoms with E-state index in [1.54, 1.807) is 6.07 Å². The van der Waals surface area contributed by atoms with Gasteiger partial charge in [0.15, 0.2) is 11.5 Å². The molecule has 1 aliphatic carbocycles. The summed E-state index contributed by atoms with van der Waals surface area (Å²) in [5, 5.41) is 10.6. The van der Waals surface area contributed by atoms with Gasteiger partial charge < -0.3 is 15.6 Å². The van der Waals surface area contributed by atoms with E-state index in [2.05, 4.69) is 0 Å². The average molecular weight is 242 g/mol. The van der Waals surface area contributed by atoms with Crippen LogP contribution >= 0.6 is 11.6 Å². The van der Waals surface area contributed by atoms with Crippen LogP contribution in [-0.2, 0) is 5.41 Å². The third-order valence-electron chi connectivity index (χ3n) is 3.56. The fourth-order valence-electron chi connectivity index (χ4n) is 2.36. The van der Waals surface area contributed by atoms with Gasteiger partial charge in [0.25, 0.3) is 0 Å². The molecule has 0 saturated heterocycles. The van der Waals surface area contributed by atoms with Gasteiger partial charge in [-0.25, -0.2) is 0 Å². The maximum Gasteiger partial charge on any atom is 0.179 e. The number of benzene rings is 1. The van der Waals surface area contributed by atoms with Gasteiger partial charge in [0.2, 0.25) is 0 Å². The number of halogens is 1. The molecule has 0 aliphatic heterocycles. The third-order valence-corrected chi connectivity index (χ3v) is 3.86. The molecule has 1 aliphatic rings. The predicted octanol–water partition coefficient (Wildman–Crippen LogP) is 2.43. The first kappa shape index (κ1) is 11.6. The lowest BCUT2D eigenvalue weighted by Gasteiger charge is -2.41. The first-order valence-corrected chi connectivity index (χ1v) is 5.78. The first-order valence-electron chi connectivity index (χ1n) is 5.40. The van der Waals surface area contributed by atoms with Crippen LogP contribution in [0.4, 0.5) is 0 Å². The minimum Gasteiger partial charge on any atom is -0.504 e. The summed E-state index contributed by atoms with van der Waals surface area (Å²) in [6.07, 6.45) is 3.19. The number of phenolic OH excluding ortho intramolecular Hbond substituents is 1. The number of phenols is 1. The van der Waals surface area contributed by atoms with Crippen molar-refractivity contribution < 1.29 is 9.84 Å². The van der Waals surface area contributed by atoms with Crippen molar-refractivity contribution in [2.75, 3.05) is 13.7 Å². The Morgan fingerprint density at radius 3 is 2.62 bits per heavy atom. The van der Waals surface area contributed by atoms with Crippen LogP contribution in [0.5, 0.6) is 11.5 Å². The Labute approximate surface area is 100 Å². The number of hydrogen-bond donors (Lipinski definition) is 2. The number of aromatic hydroxyl groups is 1. The monoisotopic (exact) mass is 241 g/mol. The number of nitrogens with two attached hydrogens (primary N) is 1. The van der Waals surface area contributed by atoms with Crippen molar-refractivity contribution >= 4 is 11.6 Å². The van der Waals surface area contributed by atoms with Crippen molar-refractivity contribution in [2.24, 2.45) is 5.73 Å². The maximum atomic E-state index is 10.1. The minimum atomic E-state index is -0.0814. The molecule has 1 saturated carbocycles. The molecule has 0 radical (unpaired) electrons. The molecular weight excluding hydrogens is 226 g/mol. The van der Waals surface area contributed by atoms with Gasteiger partial charge in [-0.05, 0) is 18.9 Å². The van der Waals surface area contributed by atoms with E-state index in [1.165, 1.54) is 7.11 Å². The lowest BCUT2D eigenvalue weighted by molar-refractivity contribution is 0.242. The van der Waals surface area contributed by atoms with Crippen LogP contribution in [0.2, 0.25) is 5.02 Å². The van der Waals surface area contributed by atoms with Crippen molar-refractivity contribution in [3.05, 3.63) is 22.7 Å². The topological polar surface area (TPSA) is 55.5 Å². The molecule has 4 heteroatoms. The Morgan fingerprint density at radius 1 is 1.50 bits per heavy atom. The SMILES string of the molecule is COc1c(Cl)ccc(C2(CN)CCC2)c1O. The Morgan fingerprint density at radius 2 is 2.19 bits per heavy atom. The first-order chi connectivity index (χ1) is 7.64. The molecule has 0 amide bonds. The van der Waals surface area contributed by atoms with Gasteiger partial charge >= 0.3 is 0 Å². The van der Waals surface area contributed by atoms with Gasteiger partial charge in [0, 0.05) is 17.5 Å². The van der Waals surface area contributed by atoms with Crippen LogP contribution in [0.1, 0.15) is 24.8 Å². The summed E-state index contributed by atoms with van der Waals surface area (Å²) < 4.78 is 5.10. The van der Waals surface area contributed by atoms with Gasteiger partial charge in [0.1, 0.15) is 0 Å². The number of rotatable bonds is 3. The van der Waals surface area contributed by atoms with E-state index in [9.17, 15) is 5.11 Å². The van der Waals surface area contributed by atoms with E-state index in [0.29, 0.717) is 17.3 Å². The standard InChI is InChI=1S/C12H16ClNO2/c1-16-11-9(13)4-3-8(10(11)15)12(7-14)5-2-6-12/h3-4,15H,2,5-7,14H2,1H3. The normalized spacial score (nSPS) is 17.9. The highest BCUT2D eigenvalue weighted by Gasteiger charge is 2.40. The second-order valence-corrected chi connectivity index (χ2v) is 4.72. The molecule has 0 aromatic heterocycles. The highest BCUT2D eigenvalue weighted by Crippen LogP contribution is 2.50. The summed E-state index contributed by atoms with van der Waals surface area (Å²) in [6, 6.07) is 3.61. The summed E-state index contributed by atoms with van der Waals surface area (Å²) >= 11 is 5.94. The highest BCUT2D eigenvalue weighted by atomic mass is 35.5. The quantitative estimate of drug-likeness (QED) is 0.855. The molecule has 0 spiro atoms. The van der Waals surface area contributed by atoms with E-state index in [1.807, 2.05) is 6.07 Å². The van der Waals surface area contributed by atoms with Gasteiger partial charge in [0.05, 0.1) is 12.1 Å². The number of methoxy groups -OCH3 is 1. The van der Waals surface area contributed by atoms with Gasteiger partial charge in [-0.3, -0.25) is 0 Å². The molecule has 0 bridgehead atoms. The van der Waals surface area contributed by atoms with E-state index in [0.717, 1.165) is 24.8 Å². The fourth-order valence-corrected chi connectivity index (χ4v) is 2.59. The largest absolute Gasteiger partial charge is 0.504 e. The highest BCUT2D eigenvalue weighted by molar-refractivity contribution is 6.32. The summed E-state index contributed by atoms with van der Waals surface area (Å²) in [5.41, 5.74) is 6.60. The second-order valence-electron chi connectivity index (χ2n) is 4.31. The molecule has 1 aromatic carbocycles. The van der Waals surface area contributed by atoms with Crippen molar-refractivity contribution in [1.82, 2.24) is 0 Å². The zero-order chi connectivity index (χ0) is 11.8. The van der Waals surface area contributed by atoms with E-state index in [4.69, 9.17) is 22.1 Å². The Hall–Kier alpha value is -0.930. The van der Waals surface area contributed by atoms with Crippen molar-refractivity contribution in [3.63, 3.8) is 0 Å². The van der Waals surface area contributed by atoms with Crippen LogP contribution in [0.15, 0.2) is 12.1 Å². The Balaban J connectivity index is 2.49. The van der Waals surface area contributed by atoms with Crippen molar-refractivity contribution in [1.29, 1.82) is 0 Å². The lowest BCUT2D eigenvalue weighted by atomic mass is 9.64. The van der Waals surface area contributed by atoms with Gasteiger partial charge in [-0.1, -0.05) is 24.1 Å². The van der Waals surface area contributed by atoms with Crippen molar-refractivity contribution in [3.8, 4) is 11.5 Å². The van der Waals surface area contributed by atoms with Crippen LogP contribution in [0.25, 0.3) is 0 Å². The van der Waals surface area contributed by atoms with E-state index < -0.39 is 0 Å². The Bertz CT molecular complexity index is 397. The van der Waals surface area contributed by atoms with Crippen LogP contribution < -0.4 is 10.5 Å². The molecule has 3 nitrogen and oxygen atoms in total. The van der Waals surface area contributed by atoms with Gasteiger partial charge in [-0.2, -0.15) is 0 Å². The fraction of sp³-hybridized carbons (Fsp3) is 0.500. The molecule has 0 unspecified atom stereocenters. The molecule has 0 heterocycles. The summed E-state index contributed by atoms with van der Waals surface area (Å²) in [6.45, 7) is 0.547. The Kier molecular flexibility index (Phi) is 3.00. The van der Waals surface area contributed by atoms with Crippen LogP contribution in [0.3, 0.4) is 0 Å². The minimum absolute atomic E-state index is 0.0814. The maximum absolute atomic E-state index is 10.1. The molecule has 88 valence electrons. The molecule has 3 N–H and O–H groups in total. The van der Waals surface area contributed by atoms with E-state index in [-0.39, 0.29) is 11.2 Å². The molecular formula is C12H16ClNO2. The molecule has 2 rings (SSSR count). The molecule has 1 aromatic rings. The van der Waals surface area contributed by atoms with Crippen LogP contribution in [-0.4, -0.2) is 18.8 Å².